The van der Waals surface area contributed by atoms with Crippen LogP contribution in [0.2, 0.25) is 0 Å². The maximum absolute atomic E-state index is 13.9. The standard InChI is InChI=1S/C24H22F3N3O3/c25-24(26,27)19-14-20(31)30(17-7-2-1-3-8-17)22(21(19)23(28)32)18-9-5-4-6-16(18)15-29-10-12-33-13-11-29/h1-9,14H,10-13,15H2,(H2,28,32). The normalized spacial score (nSPS) is 14.9. The molecule has 1 amide bonds. The minimum atomic E-state index is -4.94. The fourth-order valence-corrected chi connectivity index (χ4v) is 4.06. The van der Waals surface area contributed by atoms with Crippen LogP contribution in [-0.2, 0) is 17.5 Å². The van der Waals surface area contributed by atoms with E-state index in [1.807, 2.05) is 0 Å². The van der Waals surface area contributed by atoms with E-state index in [9.17, 15) is 22.8 Å². The zero-order chi connectivity index (χ0) is 23.6. The summed E-state index contributed by atoms with van der Waals surface area (Å²) in [5, 5.41) is 0. The molecule has 0 atom stereocenters. The Bertz CT molecular complexity index is 1220. The summed E-state index contributed by atoms with van der Waals surface area (Å²) in [5.41, 5.74) is 3.68. The molecule has 6 nitrogen and oxygen atoms in total. The molecule has 1 fully saturated rings. The predicted molar refractivity (Wildman–Crippen MR) is 117 cm³/mol. The number of nitrogens with two attached hydrogens (primary N) is 1. The van der Waals surface area contributed by atoms with Crippen molar-refractivity contribution in [3.05, 3.63) is 87.7 Å². The summed E-state index contributed by atoms with van der Waals surface area (Å²) < 4.78 is 48.2. The molecule has 4 rings (SSSR count). The van der Waals surface area contributed by atoms with Gasteiger partial charge in [-0.1, -0.05) is 42.5 Å². The topological polar surface area (TPSA) is 77.6 Å². The van der Waals surface area contributed by atoms with Crippen LogP contribution in [0.15, 0.2) is 65.5 Å². The minimum Gasteiger partial charge on any atom is -0.379 e. The van der Waals surface area contributed by atoms with Crippen LogP contribution in [0, 0.1) is 0 Å². The second kappa shape index (κ2) is 9.21. The molecule has 1 aliphatic rings. The van der Waals surface area contributed by atoms with Gasteiger partial charge >= 0.3 is 6.18 Å². The first-order valence-electron chi connectivity index (χ1n) is 10.4. The van der Waals surface area contributed by atoms with E-state index in [2.05, 4.69) is 4.90 Å². The lowest BCUT2D eigenvalue weighted by atomic mass is 9.95. The number of halogens is 3. The lowest BCUT2D eigenvalue weighted by molar-refractivity contribution is -0.138. The number of hydrogen-bond donors (Lipinski definition) is 1. The molecule has 2 heterocycles. The Hall–Kier alpha value is -3.43. The molecular formula is C24H22F3N3O3. The van der Waals surface area contributed by atoms with Gasteiger partial charge in [0.05, 0.1) is 30.0 Å². The lowest BCUT2D eigenvalue weighted by Gasteiger charge is -2.28. The molecule has 33 heavy (non-hydrogen) atoms. The molecule has 3 aromatic rings. The van der Waals surface area contributed by atoms with Gasteiger partial charge in [-0.05, 0) is 17.7 Å². The van der Waals surface area contributed by atoms with Crippen molar-refractivity contribution in [1.82, 2.24) is 9.47 Å². The summed E-state index contributed by atoms with van der Waals surface area (Å²) in [6, 6.07) is 15.5. The Morgan fingerprint density at radius 1 is 1.00 bits per heavy atom. The van der Waals surface area contributed by atoms with Crippen LogP contribution >= 0.6 is 0 Å². The maximum Gasteiger partial charge on any atom is 0.417 e. The SMILES string of the molecule is NC(=O)c1c(C(F)(F)F)cc(=O)n(-c2ccccc2)c1-c1ccccc1CN1CCOCC1. The van der Waals surface area contributed by atoms with Crippen LogP contribution in [0.5, 0.6) is 0 Å². The van der Waals surface area contributed by atoms with E-state index >= 15 is 0 Å². The number of carbonyl (C=O) groups is 1. The zero-order valence-electron chi connectivity index (χ0n) is 17.6. The summed E-state index contributed by atoms with van der Waals surface area (Å²) in [7, 11) is 0. The Morgan fingerprint density at radius 2 is 1.64 bits per heavy atom. The van der Waals surface area contributed by atoms with Gasteiger partial charge in [0.2, 0.25) is 0 Å². The van der Waals surface area contributed by atoms with Crippen molar-refractivity contribution in [2.75, 3.05) is 26.3 Å². The first-order valence-corrected chi connectivity index (χ1v) is 10.4. The van der Waals surface area contributed by atoms with Gasteiger partial charge in [0.1, 0.15) is 0 Å². The zero-order valence-corrected chi connectivity index (χ0v) is 17.6. The van der Waals surface area contributed by atoms with Gasteiger partial charge in [-0.3, -0.25) is 19.1 Å². The van der Waals surface area contributed by atoms with Crippen LogP contribution in [-0.4, -0.2) is 41.7 Å². The molecule has 0 saturated carbocycles. The minimum absolute atomic E-state index is 0.169. The van der Waals surface area contributed by atoms with Crippen molar-refractivity contribution in [3.63, 3.8) is 0 Å². The highest BCUT2D eigenvalue weighted by molar-refractivity contribution is 6.01. The van der Waals surface area contributed by atoms with Crippen molar-refractivity contribution < 1.29 is 22.7 Å². The van der Waals surface area contributed by atoms with Crippen molar-refractivity contribution in [3.8, 4) is 16.9 Å². The van der Waals surface area contributed by atoms with E-state index in [4.69, 9.17) is 10.5 Å². The summed E-state index contributed by atoms with van der Waals surface area (Å²) in [5.74, 6) is -1.26. The van der Waals surface area contributed by atoms with Gasteiger partial charge < -0.3 is 10.5 Å². The number of alkyl halides is 3. The second-order valence-electron chi connectivity index (χ2n) is 7.70. The van der Waals surface area contributed by atoms with Gasteiger partial charge in [-0.2, -0.15) is 13.2 Å². The van der Waals surface area contributed by atoms with E-state index < -0.39 is 28.8 Å². The van der Waals surface area contributed by atoms with E-state index in [-0.39, 0.29) is 5.69 Å². The number of primary amides is 1. The van der Waals surface area contributed by atoms with Crippen LogP contribution < -0.4 is 11.3 Å². The van der Waals surface area contributed by atoms with Crippen LogP contribution in [0.3, 0.4) is 0 Å². The molecule has 1 aliphatic heterocycles. The fourth-order valence-electron chi connectivity index (χ4n) is 4.06. The average Bonchev–Trinajstić information content (AvgIpc) is 2.79. The number of hydrogen-bond acceptors (Lipinski definition) is 4. The largest absolute Gasteiger partial charge is 0.417 e. The number of rotatable bonds is 5. The molecule has 2 aromatic carbocycles. The van der Waals surface area contributed by atoms with E-state index in [1.165, 1.54) is 0 Å². The number of morpholine rings is 1. The van der Waals surface area contributed by atoms with Gasteiger partial charge in [0.15, 0.2) is 0 Å². The number of aromatic nitrogens is 1. The molecule has 9 heteroatoms. The summed E-state index contributed by atoms with van der Waals surface area (Å²) in [6.07, 6.45) is -4.94. The second-order valence-corrected chi connectivity index (χ2v) is 7.70. The number of carbonyl (C=O) groups excluding carboxylic acids is 1. The molecule has 2 N–H and O–H groups in total. The Kier molecular flexibility index (Phi) is 6.35. The van der Waals surface area contributed by atoms with E-state index in [0.29, 0.717) is 55.7 Å². The van der Waals surface area contributed by atoms with Crippen molar-refractivity contribution in [2.24, 2.45) is 5.73 Å². The van der Waals surface area contributed by atoms with Gasteiger partial charge in [0.25, 0.3) is 11.5 Å². The molecule has 1 saturated heterocycles. The maximum atomic E-state index is 13.9. The van der Waals surface area contributed by atoms with Crippen LogP contribution in [0.25, 0.3) is 16.9 Å². The van der Waals surface area contributed by atoms with Crippen molar-refractivity contribution in [1.29, 1.82) is 0 Å². The van der Waals surface area contributed by atoms with Crippen LogP contribution in [0.4, 0.5) is 13.2 Å². The van der Waals surface area contributed by atoms with Crippen molar-refractivity contribution >= 4 is 5.91 Å². The van der Waals surface area contributed by atoms with Gasteiger partial charge in [-0.25, -0.2) is 0 Å². The van der Waals surface area contributed by atoms with Crippen molar-refractivity contribution in [2.45, 2.75) is 12.7 Å². The quantitative estimate of drug-likeness (QED) is 0.637. The molecule has 0 radical (unpaired) electrons. The Labute approximate surface area is 188 Å². The van der Waals surface area contributed by atoms with Gasteiger partial charge in [-0.15, -0.1) is 0 Å². The number of benzene rings is 2. The number of pyridine rings is 1. The predicted octanol–water partition coefficient (Wildman–Crippen LogP) is 3.45. The molecule has 0 unspecified atom stereocenters. The monoisotopic (exact) mass is 457 g/mol. The number of para-hydroxylation sites is 1. The van der Waals surface area contributed by atoms with Gasteiger partial charge in [0, 0.05) is 37.0 Å². The lowest BCUT2D eigenvalue weighted by Crippen LogP contribution is -2.36. The molecule has 0 spiro atoms. The smallest absolute Gasteiger partial charge is 0.379 e. The summed E-state index contributed by atoms with van der Waals surface area (Å²) >= 11 is 0. The highest BCUT2D eigenvalue weighted by Crippen LogP contribution is 2.37. The number of amides is 1. The highest BCUT2D eigenvalue weighted by atomic mass is 19.4. The molecule has 1 aromatic heterocycles. The third kappa shape index (κ3) is 4.69. The first-order chi connectivity index (χ1) is 15.8. The average molecular weight is 457 g/mol. The fraction of sp³-hybridized carbons (Fsp3) is 0.250. The number of nitrogens with zero attached hydrogens (tertiary/aromatic N) is 2. The highest BCUT2D eigenvalue weighted by Gasteiger charge is 2.38. The Morgan fingerprint density at radius 3 is 2.27 bits per heavy atom. The van der Waals surface area contributed by atoms with Crippen LogP contribution in [0.1, 0.15) is 21.5 Å². The molecule has 0 bridgehead atoms. The first kappa shape index (κ1) is 22.8. The third-order valence-electron chi connectivity index (χ3n) is 5.55. The molecule has 172 valence electrons. The summed E-state index contributed by atoms with van der Waals surface area (Å²) in [6.45, 7) is 2.83. The van der Waals surface area contributed by atoms with E-state index in [0.717, 1.165) is 4.57 Å². The molecule has 0 aliphatic carbocycles. The number of ether oxygens (including phenoxy) is 1. The third-order valence-corrected chi connectivity index (χ3v) is 5.55. The Balaban J connectivity index is 2.04. The molecular weight excluding hydrogens is 435 g/mol. The summed E-state index contributed by atoms with van der Waals surface area (Å²) in [4.78, 5) is 27.6. The van der Waals surface area contributed by atoms with E-state index in [1.54, 1.807) is 54.6 Å².